The monoisotopic (exact) mass is 525 g/mol. The average Bonchev–Trinajstić information content (AvgIpc) is 3.42. The van der Waals surface area contributed by atoms with Gasteiger partial charge in [0.15, 0.2) is 0 Å². The van der Waals surface area contributed by atoms with Gasteiger partial charge in [-0.2, -0.15) is 0 Å². The van der Waals surface area contributed by atoms with Crippen molar-refractivity contribution in [1.29, 1.82) is 0 Å². The topological polar surface area (TPSA) is 54.5 Å². The van der Waals surface area contributed by atoms with Crippen LogP contribution in [0.1, 0.15) is 79.3 Å². The first kappa shape index (κ1) is 26.7. The molecule has 1 N–H and O–H groups in total. The molecule has 0 bridgehead atoms. The SMILES string of the molecule is O=C[C@H](c1cc(P)ccc1C1CCOCC1)N1CCC([C@H](F)CCCCc2ccc3c(n2)NCCC3)C1. The number of ether oxygens (including phenoxy) is 1. The van der Waals surface area contributed by atoms with E-state index in [2.05, 4.69) is 49.8 Å². The summed E-state index contributed by atoms with van der Waals surface area (Å²) in [6.07, 6.45) is 8.60. The van der Waals surface area contributed by atoms with E-state index in [0.717, 1.165) is 99.9 Å². The normalized spacial score (nSPS) is 22.3. The molecular weight excluding hydrogens is 484 g/mol. The molecule has 1 aromatic heterocycles. The highest BCUT2D eigenvalue weighted by atomic mass is 31.0. The molecule has 200 valence electrons. The Morgan fingerprint density at radius 2 is 2.05 bits per heavy atom. The Balaban J connectivity index is 1.14. The lowest BCUT2D eigenvalue weighted by Crippen LogP contribution is -2.31. The number of likely N-dealkylation sites (tertiary alicyclic amines) is 1. The number of alkyl halides is 1. The Bertz CT molecular complexity index is 1060. The first-order valence-electron chi connectivity index (χ1n) is 14.2. The van der Waals surface area contributed by atoms with Gasteiger partial charge in [-0.05, 0) is 98.0 Å². The minimum atomic E-state index is -0.821. The first-order valence-corrected chi connectivity index (χ1v) is 14.7. The Hall–Kier alpha value is -1.88. The fraction of sp³-hybridized carbons (Fsp3) is 0.600. The summed E-state index contributed by atoms with van der Waals surface area (Å²) in [6.45, 7) is 3.96. The third-order valence-corrected chi connectivity index (χ3v) is 8.85. The summed E-state index contributed by atoms with van der Waals surface area (Å²) in [7, 11) is 2.76. The zero-order valence-corrected chi connectivity index (χ0v) is 23.0. The number of hydrogen-bond donors (Lipinski definition) is 1. The number of unbranched alkanes of at least 4 members (excludes halogenated alkanes) is 1. The van der Waals surface area contributed by atoms with Gasteiger partial charge >= 0.3 is 0 Å². The van der Waals surface area contributed by atoms with E-state index in [1.165, 1.54) is 17.5 Å². The molecule has 0 aliphatic carbocycles. The maximum atomic E-state index is 15.3. The molecule has 0 spiro atoms. The van der Waals surface area contributed by atoms with E-state index >= 15 is 4.39 Å². The van der Waals surface area contributed by atoms with Gasteiger partial charge in [0, 0.05) is 37.9 Å². The number of carbonyl (C=O) groups is 1. The minimum Gasteiger partial charge on any atom is -0.381 e. The highest BCUT2D eigenvalue weighted by Gasteiger charge is 2.35. The molecule has 2 aromatic rings. The zero-order chi connectivity index (χ0) is 25.6. The maximum absolute atomic E-state index is 15.3. The van der Waals surface area contributed by atoms with Crippen LogP contribution in [0, 0.1) is 5.92 Å². The second kappa shape index (κ2) is 12.8. The van der Waals surface area contributed by atoms with Crippen LogP contribution in [0.2, 0.25) is 0 Å². The Morgan fingerprint density at radius 3 is 2.89 bits per heavy atom. The molecule has 4 heterocycles. The van der Waals surface area contributed by atoms with E-state index < -0.39 is 6.17 Å². The lowest BCUT2D eigenvalue weighted by molar-refractivity contribution is -0.112. The van der Waals surface area contributed by atoms with Crippen LogP contribution in [0.3, 0.4) is 0 Å². The fourth-order valence-corrected chi connectivity index (χ4v) is 6.61. The number of halogens is 1. The van der Waals surface area contributed by atoms with Crippen molar-refractivity contribution in [3.8, 4) is 0 Å². The number of anilines is 1. The lowest BCUT2D eigenvalue weighted by Gasteiger charge is -2.30. The number of nitrogens with one attached hydrogen (secondary N) is 1. The van der Waals surface area contributed by atoms with Crippen LogP contribution in [0.25, 0.3) is 0 Å². The smallest absolute Gasteiger partial charge is 0.141 e. The molecule has 2 unspecified atom stereocenters. The van der Waals surface area contributed by atoms with Crippen LogP contribution < -0.4 is 10.6 Å². The first-order chi connectivity index (χ1) is 18.1. The Labute approximate surface area is 223 Å². The van der Waals surface area contributed by atoms with E-state index in [0.29, 0.717) is 18.9 Å². The van der Waals surface area contributed by atoms with Crippen LogP contribution in [-0.4, -0.2) is 55.2 Å². The van der Waals surface area contributed by atoms with Gasteiger partial charge in [0.2, 0.25) is 0 Å². The molecule has 7 heteroatoms. The van der Waals surface area contributed by atoms with Crippen molar-refractivity contribution in [2.75, 3.05) is 38.2 Å². The summed E-state index contributed by atoms with van der Waals surface area (Å²) in [5.74, 6) is 1.46. The minimum absolute atomic E-state index is 0.000709. The predicted octanol–water partition coefficient (Wildman–Crippen LogP) is 5.15. The number of pyridine rings is 1. The third-order valence-electron chi connectivity index (χ3n) is 8.50. The molecule has 3 aliphatic rings. The Kier molecular flexibility index (Phi) is 9.23. The van der Waals surface area contributed by atoms with Crippen molar-refractivity contribution in [2.45, 2.75) is 75.9 Å². The molecule has 5 rings (SSSR count). The van der Waals surface area contributed by atoms with Crippen molar-refractivity contribution in [2.24, 2.45) is 5.92 Å². The van der Waals surface area contributed by atoms with Gasteiger partial charge in [-0.1, -0.05) is 24.6 Å². The maximum Gasteiger partial charge on any atom is 0.141 e. The highest BCUT2D eigenvalue weighted by Crippen LogP contribution is 2.36. The second-order valence-corrected chi connectivity index (χ2v) is 11.7. The van der Waals surface area contributed by atoms with E-state index in [1.807, 2.05) is 0 Å². The number of nitrogens with zero attached hydrogens (tertiary/aromatic N) is 2. The molecule has 1 aromatic carbocycles. The van der Waals surface area contributed by atoms with Gasteiger partial charge in [-0.3, -0.25) is 4.90 Å². The van der Waals surface area contributed by atoms with Gasteiger partial charge in [0.05, 0.1) is 6.04 Å². The summed E-state index contributed by atoms with van der Waals surface area (Å²) in [6, 6.07) is 10.5. The van der Waals surface area contributed by atoms with E-state index in [9.17, 15) is 4.79 Å². The zero-order valence-electron chi connectivity index (χ0n) is 21.8. The summed E-state index contributed by atoms with van der Waals surface area (Å²) < 4.78 is 20.8. The van der Waals surface area contributed by atoms with Crippen molar-refractivity contribution in [1.82, 2.24) is 9.88 Å². The summed E-state index contributed by atoms with van der Waals surface area (Å²) in [5, 5.41) is 4.48. The number of hydrogen-bond acceptors (Lipinski definition) is 5. The molecular formula is C30H41FN3O2P. The van der Waals surface area contributed by atoms with Gasteiger partial charge in [-0.25, -0.2) is 9.37 Å². The van der Waals surface area contributed by atoms with Crippen LogP contribution >= 0.6 is 9.24 Å². The summed E-state index contributed by atoms with van der Waals surface area (Å²) >= 11 is 0. The number of benzene rings is 1. The molecule has 2 fully saturated rings. The molecule has 5 nitrogen and oxygen atoms in total. The van der Waals surface area contributed by atoms with Crippen molar-refractivity contribution in [3.05, 3.63) is 52.7 Å². The Morgan fingerprint density at radius 1 is 1.19 bits per heavy atom. The number of aldehydes is 1. The fourth-order valence-electron chi connectivity index (χ4n) is 6.34. The van der Waals surface area contributed by atoms with Crippen molar-refractivity contribution in [3.63, 3.8) is 0 Å². The van der Waals surface area contributed by atoms with E-state index in [4.69, 9.17) is 9.72 Å². The largest absolute Gasteiger partial charge is 0.381 e. The molecule has 0 amide bonds. The molecule has 4 atom stereocenters. The molecule has 2 saturated heterocycles. The highest BCUT2D eigenvalue weighted by molar-refractivity contribution is 7.27. The number of aromatic nitrogens is 1. The van der Waals surface area contributed by atoms with Gasteiger partial charge in [-0.15, -0.1) is 9.24 Å². The van der Waals surface area contributed by atoms with E-state index in [-0.39, 0.29) is 12.0 Å². The standard InChI is InChI=1S/C30H41FN3O2P/c31-28(6-2-1-5-24-8-7-22-4-3-14-32-30(22)33-24)23-11-15-34(19-23)29(20-35)27-18-25(37)9-10-26(27)21-12-16-36-17-13-21/h7-10,18,20-21,23,28-29H,1-6,11-17,19,37H2,(H,32,33)/t23?,28-,29-/m1/s1. The molecule has 0 saturated carbocycles. The van der Waals surface area contributed by atoms with Crippen LogP contribution in [-0.2, 0) is 22.4 Å². The van der Waals surface area contributed by atoms with Crippen LogP contribution in [0.5, 0.6) is 0 Å². The summed E-state index contributed by atoms with van der Waals surface area (Å²) in [5.41, 5.74) is 4.76. The van der Waals surface area contributed by atoms with E-state index in [1.54, 1.807) is 0 Å². The molecule has 3 aliphatic heterocycles. The van der Waals surface area contributed by atoms with Crippen molar-refractivity contribution >= 4 is 26.6 Å². The quantitative estimate of drug-likeness (QED) is 0.264. The summed E-state index contributed by atoms with van der Waals surface area (Å²) in [4.78, 5) is 19.3. The van der Waals surface area contributed by atoms with Gasteiger partial charge in [0.25, 0.3) is 0 Å². The van der Waals surface area contributed by atoms with Gasteiger partial charge < -0.3 is 14.8 Å². The van der Waals surface area contributed by atoms with Gasteiger partial charge in [0.1, 0.15) is 18.3 Å². The number of fused-ring (bicyclic) bond motifs is 1. The number of carbonyl (C=O) groups excluding carboxylic acids is 1. The van der Waals surface area contributed by atoms with Crippen LogP contribution in [0.4, 0.5) is 10.2 Å². The average molecular weight is 526 g/mol. The van der Waals surface area contributed by atoms with Crippen LogP contribution in [0.15, 0.2) is 30.3 Å². The molecule has 0 radical (unpaired) electrons. The number of rotatable bonds is 10. The number of aryl methyl sites for hydroxylation is 2. The van der Waals surface area contributed by atoms with Crippen molar-refractivity contribution < 1.29 is 13.9 Å². The second-order valence-electron chi connectivity index (χ2n) is 11.0. The molecule has 37 heavy (non-hydrogen) atoms. The predicted molar refractivity (Wildman–Crippen MR) is 151 cm³/mol. The lowest BCUT2D eigenvalue weighted by atomic mass is 9.86. The third kappa shape index (κ3) is 6.58.